The topological polar surface area (TPSA) is 129 Å². The third kappa shape index (κ3) is 6.11. The number of benzene rings is 2. The third-order valence-corrected chi connectivity index (χ3v) is 8.12. The van der Waals surface area contributed by atoms with Gasteiger partial charge in [-0.2, -0.15) is 0 Å². The standard InChI is InChI=1S/C32H38N4O7/c1-18(37)34(19(2)38)12-10-23-17-33-29-15-28(31(43-7)16-26(23)29)32-25(11-13-35(20(3)39)21(4)40)27-14-24(42-6)8-9-30(27)36(32)22(5)41/h8-9,14-17,25,32-33H,10-13H2,1-7H3. The number of nitrogens with one attached hydrogen (secondary N) is 1. The number of anilines is 1. The number of carbonyl (C=O) groups excluding carboxylic acids is 5. The maximum atomic E-state index is 13.2. The van der Waals surface area contributed by atoms with Crippen molar-refractivity contribution in [2.75, 3.05) is 32.2 Å². The normalized spacial score (nSPS) is 15.7. The molecule has 0 aliphatic carbocycles. The molecule has 4 rings (SSSR count). The predicted octanol–water partition coefficient (Wildman–Crippen LogP) is 4.10. The molecule has 2 heterocycles. The summed E-state index contributed by atoms with van der Waals surface area (Å²) in [5.74, 6) is -0.595. The number of nitrogens with zero attached hydrogens (tertiary/aromatic N) is 3. The van der Waals surface area contributed by atoms with Gasteiger partial charge in [-0.25, -0.2) is 0 Å². The average Bonchev–Trinajstić information content (AvgIpc) is 3.49. The van der Waals surface area contributed by atoms with Crippen molar-refractivity contribution in [3.63, 3.8) is 0 Å². The minimum Gasteiger partial charge on any atom is -0.497 e. The summed E-state index contributed by atoms with van der Waals surface area (Å²) in [4.78, 5) is 69.0. The third-order valence-electron chi connectivity index (χ3n) is 8.12. The van der Waals surface area contributed by atoms with Crippen molar-refractivity contribution < 1.29 is 33.4 Å². The number of imide groups is 2. The van der Waals surface area contributed by atoms with Crippen LogP contribution in [-0.4, -0.2) is 71.6 Å². The van der Waals surface area contributed by atoms with Gasteiger partial charge in [-0.05, 0) is 54.3 Å². The number of hydrogen-bond donors (Lipinski definition) is 1. The molecule has 11 heteroatoms. The lowest BCUT2D eigenvalue weighted by molar-refractivity contribution is -0.143. The van der Waals surface area contributed by atoms with E-state index in [0.29, 0.717) is 24.3 Å². The van der Waals surface area contributed by atoms with Crippen molar-refractivity contribution in [1.29, 1.82) is 0 Å². The zero-order chi connectivity index (χ0) is 31.6. The van der Waals surface area contributed by atoms with Gasteiger partial charge in [0.1, 0.15) is 11.5 Å². The summed E-state index contributed by atoms with van der Waals surface area (Å²) in [6.07, 6.45) is 2.69. The molecule has 2 unspecified atom stereocenters. The number of aromatic amines is 1. The maximum Gasteiger partial charge on any atom is 0.226 e. The van der Waals surface area contributed by atoms with Crippen molar-refractivity contribution in [3.8, 4) is 11.5 Å². The lowest BCUT2D eigenvalue weighted by atomic mass is 9.86. The van der Waals surface area contributed by atoms with E-state index in [1.807, 2.05) is 30.5 Å². The first kappa shape index (κ1) is 31.3. The molecule has 0 saturated carbocycles. The van der Waals surface area contributed by atoms with Crippen LogP contribution in [0.25, 0.3) is 10.9 Å². The van der Waals surface area contributed by atoms with Crippen LogP contribution in [0, 0.1) is 0 Å². The molecule has 1 aliphatic rings. The van der Waals surface area contributed by atoms with E-state index in [2.05, 4.69) is 4.98 Å². The monoisotopic (exact) mass is 590 g/mol. The zero-order valence-electron chi connectivity index (χ0n) is 25.6. The fourth-order valence-electron chi connectivity index (χ4n) is 6.12. The fourth-order valence-corrected chi connectivity index (χ4v) is 6.12. The largest absolute Gasteiger partial charge is 0.497 e. The van der Waals surface area contributed by atoms with Crippen molar-refractivity contribution in [3.05, 3.63) is 53.2 Å². The number of methoxy groups -OCH3 is 2. The molecule has 43 heavy (non-hydrogen) atoms. The van der Waals surface area contributed by atoms with Gasteiger partial charge in [0.25, 0.3) is 0 Å². The Morgan fingerprint density at radius 1 is 0.814 bits per heavy atom. The van der Waals surface area contributed by atoms with Crippen LogP contribution in [0.3, 0.4) is 0 Å². The van der Waals surface area contributed by atoms with Gasteiger partial charge in [0.2, 0.25) is 29.5 Å². The van der Waals surface area contributed by atoms with E-state index in [1.165, 1.54) is 44.4 Å². The highest BCUT2D eigenvalue weighted by Gasteiger charge is 2.43. The SMILES string of the molecule is COc1ccc2c(c1)C(CCN(C(C)=O)C(C)=O)C(c1cc3[nH]cc(CCN(C(C)=O)C(C)=O)c3cc1OC)N2C(C)=O. The minimum atomic E-state index is -0.502. The van der Waals surface area contributed by atoms with E-state index in [1.54, 1.807) is 25.2 Å². The fraction of sp³-hybridized carbons (Fsp3) is 0.406. The van der Waals surface area contributed by atoms with Crippen molar-refractivity contribution in [2.24, 2.45) is 0 Å². The first-order valence-electron chi connectivity index (χ1n) is 14.1. The van der Waals surface area contributed by atoms with Crippen LogP contribution in [0.1, 0.15) is 69.7 Å². The lowest BCUT2D eigenvalue weighted by Crippen LogP contribution is -2.36. The molecule has 1 N–H and O–H groups in total. The Balaban J connectivity index is 1.82. The molecular weight excluding hydrogens is 552 g/mol. The molecule has 11 nitrogen and oxygen atoms in total. The second-order valence-electron chi connectivity index (χ2n) is 10.7. The van der Waals surface area contributed by atoms with E-state index in [9.17, 15) is 24.0 Å². The highest BCUT2D eigenvalue weighted by atomic mass is 16.5. The molecular formula is C32H38N4O7. The van der Waals surface area contributed by atoms with Crippen molar-refractivity contribution >= 4 is 46.1 Å². The van der Waals surface area contributed by atoms with Gasteiger partial charge >= 0.3 is 0 Å². The Morgan fingerprint density at radius 2 is 1.44 bits per heavy atom. The van der Waals surface area contributed by atoms with E-state index in [-0.39, 0.29) is 48.5 Å². The number of ether oxygens (including phenoxy) is 2. The lowest BCUT2D eigenvalue weighted by Gasteiger charge is -2.30. The van der Waals surface area contributed by atoms with Crippen LogP contribution in [0.5, 0.6) is 11.5 Å². The molecule has 5 amide bonds. The zero-order valence-corrected chi connectivity index (χ0v) is 25.6. The van der Waals surface area contributed by atoms with Crippen molar-refractivity contribution in [2.45, 2.75) is 59.4 Å². The van der Waals surface area contributed by atoms with Gasteiger partial charge in [-0.1, -0.05) is 0 Å². The van der Waals surface area contributed by atoms with Crippen molar-refractivity contribution in [1.82, 2.24) is 14.8 Å². The highest BCUT2D eigenvalue weighted by molar-refractivity contribution is 5.97. The molecule has 2 aromatic carbocycles. The molecule has 0 saturated heterocycles. The quantitative estimate of drug-likeness (QED) is 0.397. The van der Waals surface area contributed by atoms with Gasteiger partial charge in [-0.3, -0.25) is 33.8 Å². The Kier molecular flexibility index (Phi) is 9.22. The Hall–Kier alpha value is -4.67. The molecule has 0 radical (unpaired) electrons. The van der Waals surface area contributed by atoms with Crippen LogP contribution in [-0.2, 0) is 30.4 Å². The van der Waals surface area contributed by atoms with Gasteiger partial charge in [-0.15, -0.1) is 0 Å². The van der Waals surface area contributed by atoms with Crippen LogP contribution < -0.4 is 14.4 Å². The number of hydrogen-bond acceptors (Lipinski definition) is 7. The van der Waals surface area contributed by atoms with Gasteiger partial charge in [0, 0.05) is 82.0 Å². The summed E-state index contributed by atoms with van der Waals surface area (Å²) in [5, 5.41) is 0.870. The van der Waals surface area contributed by atoms with E-state index in [4.69, 9.17) is 9.47 Å². The first-order chi connectivity index (χ1) is 20.4. The van der Waals surface area contributed by atoms with E-state index >= 15 is 0 Å². The Morgan fingerprint density at radius 3 is 2.00 bits per heavy atom. The van der Waals surface area contributed by atoms with E-state index < -0.39 is 6.04 Å². The van der Waals surface area contributed by atoms with Crippen LogP contribution in [0.4, 0.5) is 5.69 Å². The Labute approximate surface area is 250 Å². The average molecular weight is 591 g/mol. The van der Waals surface area contributed by atoms with Crippen LogP contribution >= 0.6 is 0 Å². The highest BCUT2D eigenvalue weighted by Crippen LogP contribution is 2.53. The Bertz CT molecular complexity index is 1570. The second-order valence-corrected chi connectivity index (χ2v) is 10.7. The summed E-state index contributed by atoms with van der Waals surface area (Å²) in [5.41, 5.74) is 4.06. The van der Waals surface area contributed by atoms with Gasteiger partial charge < -0.3 is 19.4 Å². The molecule has 228 valence electrons. The molecule has 1 aromatic heterocycles. The molecule has 1 aliphatic heterocycles. The molecule has 0 bridgehead atoms. The molecule has 3 aromatic rings. The summed E-state index contributed by atoms with van der Waals surface area (Å²) in [6, 6.07) is 8.90. The number of carbonyl (C=O) groups is 5. The first-order valence-corrected chi connectivity index (χ1v) is 14.1. The number of amides is 5. The van der Waals surface area contributed by atoms with Crippen LogP contribution in [0.15, 0.2) is 36.5 Å². The smallest absolute Gasteiger partial charge is 0.226 e. The maximum absolute atomic E-state index is 13.2. The second kappa shape index (κ2) is 12.7. The molecule has 0 spiro atoms. The molecule has 2 atom stereocenters. The number of H-pyrrole nitrogens is 1. The number of fused-ring (bicyclic) bond motifs is 2. The molecule has 0 fully saturated rings. The van der Waals surface area contributed by atoms with Crippen LogP contribution in [0.2, 0.25) is 0 Å². The summed E-state index contributed by atoms with van der Waals surface area (Å²) in [7, 11) is 3.14. The summed E-state index contributed by atoms with van der Waals surface area (Å²) < 4.78 is 11.4. The number of aromatic nitrogens is 1. The van der Waals surface area contributed by atoms with Gasteiger partial charge in [0.05, 0.1) is 20.3 Å². The van der Waals surface area contributed by atoms with E-state index in [0.717, 1.165) is 33.3 Å². The predicted molar refractivity (Wildman–Crippen MR) is 161 cm³/mol. The summed E-state index contributed by atoms with van der Waals surface area (Å²) in [6.45, 7) is 7.37. The number of rotatable bonds is 9. The minimum absolute atomic E-state index is 0.170. The summed E-state index contributed by atoms with van der Waals surface area (Å²) >= 11 is 0. The van der Waals surface area contributed by atoms with Gasteiger partial charge in [0.15, 0.2) is 0 Å².